The number of rotatable bonds is 2. The molecule has 1 aromatic heterocycles. The number of hydrogen-bond donors (Lipinski definition) is 2. The molecule has 186 valence electrons. The molecule has 5 aromatic rings. The Morgan fingerprint density at radius 2 is 1.53 bits per heavy atom. The van der Waals surface area contributed by atoms with Gasteiger partial charge in [0.05, 0.1) is 17.3 Å². The lowest BCUT2D eigenvalue weighted by molar-refractivity contribution is 0.496. The molecule has 5 heteroatoms. The molecule has 0 saturated heterocycles. The zero-order chi connectivity index (χ0) is 25.6. The van der Waals surface area contributed by atoms with Crippen LogP contribution in [0.5, 0.6) is 0 Å². The molecule has 2 heterocycles. The van der Waals surface area contributed by atoms with Crippen LogP contribution in [-0.4, -0.2) is 23.4 Å². The maximum Gasteiger partial charge on any atom is 0.209 e. The van der Waals surface area contributed by atoms with Gasteiger partial charge in [0.15, 0.2) is 5.84 Å². The summed E-state index contributed by atoms with van der Waals surface area (Å²) in [5.74, 6) is 1.28. The number of nitrogens with one attached hydrogen (secondary N) is 2. The molecule has 0 saturated carbocycles. The predicted molar refractivity (Wildman–Crippen MR) is 156 cm³/mol. The maximum absolute atomic E-state index is 8.79. The van der Waals surface area contributed by atoms with Crippen molar-refractivity contribution in [1.82, 2.24) is 9.88 Å². The SMILES string of the molecule is CN/C(=N\C(=N)c1ccccc1)n1c2c(c3ccccc31)CCC1c3ccccc3N(c3ccccc3)C21. The van der Waals surface area contributed by atoms with Crippen molar-refractivity contribution in [3.05, 3.63) is 132 Å². The third kappa shape index (κ3) is 3.39. The fraction of sp³-hybridized carbons (Fsp3) is 0.152. The molecule has 7 rings (SSSR count). The Morgan fingerprint density at radius 1 is 0.842 bits per heavy atom. The van der Waals surface area contributed by atoms with Gasteiger partial charge in [0.25, 0.3) is 0 Å². The highest BCUT2D eigenvalue weighted by molar-refractivity contribution is 6.07. The monoisotopic (exact) mass is 495 g/mol. The summed E-state index contributed by atoms with van der Waals surface area (Å²) in [4.78, 5) is 7.38. The van der Waals surface area contributed by atoms with Gasteiger partial charge >= 0.3 is 0 Å². The van der Waals surface area contributed by atoms with Crippen LogP contribution in [0.4, 0.5) is 11.4 Å². The molecule has 1 aliphatic carbocycles. The molecule has 38 heavy (non-hydrogen) atoms. The molecule has 0 bridgehead atoms. The van der Waals surface area contributed by atoms with Gasteiger partial charge in [-0.3, -0.25) is 9.98 Å². The molecule has 1 aliphatic heterocycles. The van der Waals surface area contributed by atoms with Crippen LogP contribution in [0.25, 0.3) is 10.9 Å². The van der Waals surface area contributed by atoms with Gasteiger partial charge in [0.2, 0.25) is 5.96 Å². The number of amidine groups is 1. The fourth-order valence-electron chi connectivity index (χ4n) is 6.45. The van der Waals surface area contributed by atoms with Crippen molar-refractivity contribution in [2.45, 2.75) is 24.8 Å². The lowest BCUT2D eigenvalue weighted by Crippen LogP contribution is -2.35. The highest BCUT2D eigenvalue weighted by Crippen LogP contribution is 2.57. The summed E-state index contributed by atoms with van der Waals surface area (Å²) >= 11 is 0. The average molecular weight is 496 g/mol. The summed E-state index contributed by atoms with van der Waals surface area (Å²) in [5, 5.41) is 13.4. The van der Waals surface area contributed by atoms with Crippen LogP contribution in [0, 0.1) is 5.41 Å². The van der Waals surface area contributed by atoms with E-state index in [1.807, 2.05) is 37.4 Å². The number of hydrogen-bond acceptors (Lipinski definition) is 2. The number of aryl methyl sites for hydroxylation is 1. The summed E-state index contributed by atoms with van der Waals surface area (Å²) in [6, 6.07) is 38.1. The molecule has 2 atom stereocenters. The molecule has 2 aliphatic rings. The van der Waals surface area contributed by atoms with Crippen LogP contribution in [0.15, 0.2) is 114 Å². The molecule has 5 nitrogen and oxygen atoms in total. The largest absolute Gasteiger partial charge is 0.358 e. The van der Waals surface area contributed by atoms with E-state index >= 15 is 0 Å². The summed E-state index contributed by atoms with van der Waals surface area (Å²) in [6.45, 7) is 0. The summed E-state index contributed by atoms with van der Waals surface area (Å²) in [5.41, 5.74) is 8.43. The van der Waals surface area contributed by atoms with E-state index in [1.54, 1.807) is 0 Å². The number of fused-ring (bicyclic) bond motifs is 7. The van der Waals surface area contributed by atoms with Gasteiger partial charge in [0.1, 0.15) is 0 Å². The first-order valence-electron chi connectivity index (χ1n) is 13.2. The first-order chi connectivity index (χ1) is 18.8. The Balaban J connectivity index is 1.48. The first kappa shape index (κ1) is 22.5. The smallest absolute Gasteiger partial charge is 0.209 e. The van der Waals surface area contributed by atoms with Crippen molar-refractivity contribution in [3.63, 3.8) is 0 Å². The molecule has 0 spiro atoms. The highest BCUT2D eigenvalue weighted by Gasteiger charge is 2.46. The number of anilines is 2. The lowest BCUT2D eigenvalue weighted by atomic mass is 9.80. The second-order valence-corrected chi connectivity index (χ2v) is 9.97. The molecular weight excluding hydrogens is 466 g/mol. The third-order valence-electron chi connectivity index (χ3n) is 8.00. The van der Waals surface area contributed by atoms with Crippen LogP contribution in [0.2, 0.25) is 0 Å². The van der Waals surface area contributed by atoms with Crippen LogP contribution >= 0.6 is 0 Å². The van der Waals surface area contributed by atoms with Crippen molar-refractivity contribution >= 4 is 34.1 Å². The van der Waals surface area contributed by atoms with E-state index in [9.17, 15) is 0 Å². The number of nitrogens with zero attached hydrogens (tertiary/aromatic N) is 3. The minimum Gasteiger partial charge on any atom is -0.358 e. The molecule has 2 N–H and O–H groups in total. The normalized spacial score (nSPS) is 18.1. The van der Waals surface area contributed by atoms with E-state index in [4.69, 9.17) is 10.4 Å². The number of aromatic nitrogens is 1. The maximum atomic E-state index is 8.79. The van der Waals surface area contributed by atoms with E-state index in [2.05, 4.69) is 93.6 Å². The van der Waals surface area contributed by atoms with Crippen molar-refractivity contribution in [2.24, 2.45) is 4.99 Å². The fourth-order valence-corrected chi connectivity index (χ4v) is 6.45. The van der Waals surface area contributed by atoms with Crippen molar-refractivity contribution < 1.29 is 0 Å². The zero-order valence-electron chi connectivity index (χ0n) is 21.3. The number of para-hydroxylation sites is 3. The Labute approximate surface area is 222 Å². The van der Waals surface area contributed by atoms with Crippen molar-refractivity contribution in [2.75, 3.05) is 11.9 Å². The van der Waals surface area contributed by atoms with Gasteiger partial charge in [-0.05, 0) is 48.2 Å². The van der Waals surface area contributed by atoms with E-state index in [0.717, 1.165) is 23.9 Å². The van der Waals surface area contributed by atoms with E-state index < -0.39 is 0 Å². The van der Waals surface area contributed by atoms with Gasteiger partial charge in [-0.25, -0.2) is 0 Å². The van der Waals surface area contributed by atoms with Crippen LogP contribution < -0.4 is 10.2 Å². The zero-order valence-corrected chi connectivity index (χ0v) is 21.3. The number of benzene rings is 4. The molecule has 0 radical (unpaired) electrons. The topological polar surface area (TPSA) is 56.4 Å². The molecule has 4 aromatic carbocycles. The standard InChI is InChI=1S/C33H29N5/c1-35-33(36-32(34)22-12-4-2-5-13-22)38-29-19-11-9-17-25(29)27-21-20-26-24-16-8-10-18-28(24)37(30(26)31(27)38)23-14-6-3-7-15-23/h2-19,26,30H,20-21H2,1H3,(H2,34,35,36). The minimum atomic E-state index is 0.121. The lowest BCUT2D eigenvalue weighted by Gasteiger charge is -2.35. The predicted octanol–water partition coefficient (Wildman–Crippen LogP) is 7.01. The first-order valence-corrected chi connectivity index (χ1v) is 13.2. The second-order valence-electron chi connectivity index (χ2n) is 9.97. The Bertz CT molecular complexity index is 1680. The summed E-state index contributed by atoms with van der Waals surface area (Å²) < 4.78 is 2.28. The Kier molecular flexibility index (Phi) is 5.36. The molecular formula is C33H29N5. The molecule has 0 amide bonds. The van der Waals surface area contributed by atoms with E-state index in [1.165, 1.54) is 33.6 Å². The highest BCUT2D eigenvalue weighted by atomic mass is 15.3. The second kappa shape index (κ2) is 9.03. The number of aliphatic imine (C=N–C) groups is 1. The van der Waals surface area contributed by atoms with Gasteiger partial charge in [0, 0.05) is 35.3 Å². The average Bonchev–Trinajstić information content (AvgIpc) is 3.50. The van der Waals surface area contributed by atoms with E-state index in [0.29, 0.717) is 11.9 Å². The summed E-state index contributed by atoms with van der Waals surface area (Å²) in [6.07, 6.45) is 2.10. The molecule has 2 unspecified atom stereocenters. The summed E-state index contributed by atoms with van der Waals surface area (Å²) in [7, 11) is 1.90. The quantitative estimate of drug-likeness (QED) is 0.204. The van der Waals surface area contributed by atoms with Crippen molar-refractivity contribution in [3.8, 4) is 0 Å². The third-order valence-corrected chi connectivity index (χ3v) is 8.00. The Morgan fingerprint density at radius 3 is 2.32 bits per heavy atom. The Hall–Kier alpha value is -4.64. The van der Waals surface area contributed by atoms with Crippen LogP contribution in [0.3, 0.4) is 0 Å². The van der Waals surface area contributed by atoms with Crippen molar-refractivity contribution in [1.29, 1.82) is 5.41 Å². The van der Waals surface area contributed by atoms with Gasteiger partial charge in [-0.15, -0.1) is 0 Å². The van der Waals surface area contributed by atoms with Gasteiger partial charge in [-0.1, -0.05) is 84.9 Å². The van der Waals surface area contributed by atoms with Crippen LogP contribution in [-0.2, 0) is 6.42 Å². The van der Waals surface area contributed by atoms with Gasteiger partial charge in [-0.2, -0.15) is 4.99 Å². The minimum absolute atomic E-state index is 0.121. The van der Waals surface area contributed by atoms with E-state index in [-0.39, 0.29) is 11.9 Å². The van der Waals surface area contributed by atoms with Gasteiger partial charge < -0.3 is 10.2 Å². The van der Waals surface area contributed by atoms with Crippen LogP contribution in [0.1, 0.15) is 40.8 Å². The molecule has 0 fully saturated rings.